The van der Waals surface area contributed by atoms with Crippen molar-refractivity contribution in [2.75, 3.05) is 11.5 Å². The minimum absolute atomic E-state index is 0.0326. The summed E-state index contributed by atoms with van der Waals surface area (Å²) in [6, 6.07) is -0.708. The number of hydrogen-bond donors (Lipinski definition) is 1. The van der Waals surface area contributed by atoms with Gasteiger partial charge in [-0.1, -0.05) is 27.2 Å². The predicted molar refractivity (Wildman–Crippen MR) is 83.2 cm³/mol. The fourth-order valence-corrected chi connectivity index (χ4v) is 4.61. The van der Waals surface area contributed by atoms with Crippen molar-refractivity contribution in [2.24, 2.45) is 5.92 Å². The Balaban J connectivity index is 2.23. The normalized spacial score (nSPS) is 34.2. The summed E-state index contributed by atoms with van der Waals surface area (Å²) < 4.78 is 11.5. The third kappa shape index (κ3) is 3.47. The van der Waals surface area contributed by atoms with E-state index in [-0.39, 0.29) is 35.9 Å². The van der Waals surface area contributed by atoms with E-state index in [9.17, 15) is 13.8 Å². The lowest BCUT2D eigenvalue weighted by molar-refractivity contribution is -0.154. The van der Waals surface area contributed by atoms with Crippen LogP contribution in [0.3, 0.4) is 0 Å². The maximum Gasteiger partial charge on any atom is 0.246 e. The molecule has 0 aromatic carbocycles. The van der Waals surface area contributed by atoms with Gasteiger partial charge in [-0.3, -0.25) is 13.8 Å². The maximum atomic E-state index is 12.8. The second-order valence-electron chi connectivity index (χ2n) is 6.36. The molecule has 0 aliphatic carbocycles. The van der Waals surface area contributed by atoms with Crippen LogP contribution in [-0.4, -0.2) is 50.6 Å². The van der Waals surface area contributed by atoms with E-state index in [0.717, 1.165) is 19.3 Å². The van der Waals surface area contributed by atoms with E-state index in [2.05, 4.69) is 5.32 Å². The van der Waals surface area contributed by atoms with Gasteiger partial charge in [0, 0.05) is 28.3 Å². The molecule has 2 aliphatic heterocycles. The molecule has 2 unspecified atom stereocenters. The third-order valence-electron chi connectivity index (χ3n) is 4.40. The molecule has 0 spiro atoms. The molecule has 2 heterocycles. The van der Waals surface area contributed by atoms with Crippen LogP contribution in [0.4, 0.5) is 0 Å². The van der Waals surface area contributed by atoms with Crippen molar-refractivity contribution >= 4 is 22.6 Å². The summed E-state index contributed by atoms with van der Waals surface area (Å²) in [5.74, 6) is 1.38. The van der Waals surface area contributed by atoms with Gasteiger partial charge in [-0.25, -0.2) is 0 Å². The fourth-order valence-electron chi connectivity index (χ4n) is 3.34. The first-order valence-electron chi connectivity index (χ1n) is 7.93. The molecule has 2 rings (SSSR count). The predicted octanol–water partition coefficient (Wildman–Crippen LogP) is 1.05. The molecule has 120 valence electrons. The van der Waals surface area contributed by atoms with Gasteiger partial charge < -0.3 is 10.2 Å². The monoisotopic (exact) mass is 314 g/mol. The zero-order chi connectivity index (χ0) is 15.6. The van der Waals surface area contributed by atoms with Crippen molar-refractivity contribution in [2.45, 2.75) is 64.6 Å². The lowest BCUT2D eigenvalue weighted by Crippen LogP contribution is -2.67. The number of carbonyl (C=O) groups excluding carboxylic acids is 2. The lowest BCUT2D eigenvalue weighted by atomic mass is 9.92. The van der Waals surface area contributed by atoms with Crippen molar-refractivity contribution in [3.8, 4) is 0 Å². The number of rotatable bonds is 4. The largest absolute Gasteiger partial charge is 0.342 e. The summed E-state index contributed by atoms with van der Waals surface area (Å²) in [7, 11) is -0.758. The topological polar surface area (TPSA) is 66.5 Å². The molecular weight excluding hydrogens is 288 g/mol. The van der Waals surface area contributed by atoms with Gasteiger partial charge in [0.25, 0.3) is 0 Å². The van der Waals surface area contributed by atoms with Crippen molar-refractivity contribution in [3.63, 3.8) is 0 Å². The summed E-state index contributed by atoms with van der Waals surface area (Å²) in [6.07, 6.45) is 3.04. The van der Waals surface area contributed by atoms with Crippen molar-refractivity contribution in [1.82, 2.24) is 10.2 Å². The lowest BCUT2D eigenvalue weighted by Gasteiger charge is -2.46. The van der Waals surface area contributed by atoms with E-state index in [0.29, 0.717) is 17.9 Å². The Kier molecular flexibility index (Phi) is 5.41. The highest BCUT2D eigenvalue weighted by Crippen LogP contribution is 2.26. The van der Waals surface area contributed by atoms with Crippen LogP contribution in [0.15, 0.2) is 0 Å². The van der Waals surface area contributed by atoms with Crippen LogP contribution >= 0.6 is 0 Å². The van der Waals surface area contributed by atoms with E-state index in [4.69, 9.17) is 0 Å². The summed E-state index contributed by atoms with van der Waals surface area (Å²) >= 11 is 0. The minimum atomic E-state index is -0.758. The van der Waals surface area contributed by atoms with Crippen LogP contribution < -0.4 is 5.32 Å². The zero-order valence-corrected chi connectivity index (χ0v) is 13.9. The molecule has 0 bridgehead atoms. The molecule has 5 nitrogen and oxygen atoms in total. The molecular formula is C15H26N2O3S. The van der Waals surface area contributed by atoms with E-state index < -0.39 is 10.8 Å². The Morgan fingerprint density at radius 1 is 1.29 bits per heavy atom. The Morgan fingerprint density at radius 3 is 2.43 bits per heavy atom. The van der Waals surface area contributed by atoms with Crippen LogP contribution in [0.2, 0.25) is 0 Å². The molecule has 2 atom stereocenters. The van der Waals surface area contributed by atoms with Gasteiger partial charge in [0.15, 0.2) is 0 Å². The minimum Gasteiger partial charge on any atom is -0.342 e. The maximum absolute atomic E-state index is 12.8. The van der Waals surface area contributed by atoms with Crippen molar-refractivity contribution < 1.29 is 13.8 Å². The average molecular weight is 314 g/mol. The number of nitrogens with one attached hydrogen (secondary N) is 1. The standard InChI is InChI=1S/C15H26N2O3S/c1-4-5-12-15(19)17(11-6-8-21(20)9-7-11)13(10(2)3)14(18)16-12/h10-13H,4-9H2,1-3H3,(H,16,18). The first-order chi connectivity index (χ1) is 9.95. The van der Waals surface area contributed by atoms with Gasteiger partial charge in [-0.15, -0.1) is 0 Å². The summed E-state index contributed by atoms with van der Waals surface area (Å²) in [5.41, 5.74) is 0. The summed E-state index contributed by atoms with van der Waals surface area (Å²) in [6.45, 7) is 5.97. The second-order valence-corrected chi connectivity index (χ2v) is 8.06. The Hall–Kier alpha value is -0.910. The third-order valence-corrected chi connectivity index (χ3v) is 5.78. The molecule has 0 aromatic rings. The molecule has 0 saturated carbocycles. The number of piperazine rings is 1. The van der Waals surface area contributed by atoms with Gasteiger partial charge in [-0.2, -0.15) is 0 Å². The number of hydrogen-bond acceptors (Lipinski definition) is 3. The Labute approximate surface area is 129 Å². The fraction of sp³-hybridized carbons (Fsp3) is 0.867. The van der Waals surface area contributed by atoms with Crippen LogP contribution in [0.25, 0.3) is 0 Å². The molecule has 2 amide bonds. The molecule has 21 heavy (non-hydrogen) atoms. The molecule has 2 saturated heterocycles. The molecule has 6 heteroatoms. The highest BCUT2D eigenvalue weighted by molar-refractivity contribution is 7.85. The SMILES string of the molecule is CCCC1NC(=O)C(C(C)C)N(C2CCS(=O)CC2)C1=O. The van der Waals surface area contributed by atoms with Gasteiger partial charge in [-0.05, 0) is 25.2 Å². The van der Waals surface area contributed by atoms with Crippen molar-refractivity contribution in [3.05, 3.63) is 0 Å². The average Bonchev–Trinajstić information content (AvgIpc) is 2.43. The van der Waals surface area contributed by atoms with E-state index >= 15 is 0 Å². The quantitative estimate of drug-likeness (QED) is 0.843. The van der Waals surface area contributed by atoms with E-state index in [1.54, 1.807) is 0 Å². The molecule has 1 N–H and O–H groups in total. The first kappa shape index (κ1) is 16.5. The zero-order valence-electron chi connectivity index (χ0n) is 13.1. The highest BCUT2D eigenvalue weighted by Gasteiger charge is 2.45. The van der Waals surface area contributed by atoms with Crippen LogP contribution in [0, 0.1) is 5.92 Å². The highest BCUT2D eigenvalue weighted by atomic mass is 32.2. The number of amides is 2. The number of nitrogens with zero attached hydrogens (tertiary/aromatic N) is 1. The smallest absolute Gasteiger partial charge is 0.246 e. The molecule has 0 aromatic heterocycles. The first-order valence-corrected chi connectivity index (χ1v) is 9.42. The van der Waals surface area contributed by atoms with Crippen LogP contribution in [0.5, 0.6) is 0 Å². The molecule has 2 aliphatic rings. The van der Waals surface area contributed by atoms with E-state index in [1.807, 2.05) is 25.7 Å². The van der Waals surface area contributed by atoms with Gasteiger partial charge in [0.1, 0.15) is 12.1 Å². The summed E-state index contributed by atoms with van der Waals surface area (Å²) in [4.78, 5) is 27.0. The molecule has 0 radical (unpaired) electrons. The second kappa shape index (κ2) is 6.90. The summed E-state index contributed by atoms with van der Waals surface area (Å²) in [5, 5.41) is 2.89. The number of carbonyl (C=O) groups is 2. The molecule has 2 fully saturated rings. The van der Waals surface area contributed by atoms with Crippen LogP contribution in [0.1, 0.15) is 46.5 Å². The Morgan fingerprint density at radius 2 is 1.90 bits per heavy atom. The van der Waals surface area contributed by atoms with E-state index in [1.165, 1.54) is 0 Å². The van der Waals surface area contributed by atoms with Gasteiger partial charge in [0.2, 0.25) is 11.8 Å². The van der Waals surface area contributed by atoms with Crippen LogP contribution in [-0.2, 0) is 20.4 Å². The van der Waals surface area contributed by atoms with Crippen molar-refractivity contribution in [1.29, 1.82) is 0 Å². The Bertz CT molecular complexity index is 429. The van der Waals surface area contributed by atoms with Gasteiger partial charge >= 0.3 is 0 Å². The van der Waals surface area contributed by atoms with Gasteiger partial charge in [0.05, 0.1) is 0 Å².